The highest BCUT2D eigenvalue weighted by Gasteiger charge is 2.30. The van der Waals surface area contributed by atoms with Crippen molar-refractivity contribution < 1.29 is 17.9 Å². The fraction of sp³-hybridized carbons (Fsp3) is 0.222. The molecule has 0 saturated heterocycles. The number of methoxy groups -OCH3 is 1. The van der Waals surface area contributed by atoms with Gasteiger partial charge in [0.1, 0.15) is 10.6 Å². The maximum atomic E-state index is 12.7. The molecule has 0 aliphatic heterocycles. The van der Waals surface area contributed by atoms with Crippen molar-refractivity contribution in [3.63, 3.8) is 0 Å². The van der Waals surface area contributed by atoms with E-state index in [2.05, 4.69) is 15.0 Å². The summed E-state index contributed by atoms with van der Waals surface area (Å²) in [5.74, 6) is 0.0957. The molecule has 152 valence electrons. The number of aromatic nitrogens is 1. The lowest BCUT2D eigenvalue weighted by Gasteiger charge is -2.11. The number of ether oxygens (including phenoxy) is 1. The molecular weight excluding hydrogens is 457 g/mol. The Morgan fingerprint density at radius 3 is 2.66 bits per heavy atom. The topological polar surface area (TPSA) is 97.4 Å². The summed E-state index contributed by atoms with van der Waals surface area (Å²) in [6.07, 6.45) is 1.56. The quantitative estimate of drug-likeness (QED) is 0.558. The molecular formula is C18H15Cl2N3O4S2. The molecule has 7 nitrogen and oxygen atoms in total. The van der Waals surface area contributed by atoms with Gasteiger partial charge >= 0.3 is 0 Å². The van der Waals surface area contributed by atoms with Gasteiger partial charge in [0.25, 0.3) is 5.91 Å². The molecule has 1 saturated carbocycles. The van der Waals surface area contributed by atoms with Crippen LogP contribution < -0.4 is 14.8 Å². The van der Waals surface area contributed by atoms with E-state index in [9.17, 15) is 13.2 Å². The van der Waals surface area contributed by atoms with E-state index in [-0.39, 0.29) is 26.5 Å². The predicted molar refractivity (Wildman–Crippen MR) is 114 cm³/mol. The van der Waals surface area contributed by atoms with Gasteiger partial charge in [0.2, 0.25) is 10.0 Å². The standard InChI is InChI=1S/C18H15Cl2N3O4S2/c1-27-10-4-5-14-15(6-10)28-18(21-14)22-17(24)11-7-16(13(20)8-12(11)19)29(25,26)23-9-2-3-9/h4-9,23H,2-3H2,1H3,(H,21,22,24). The van der Waals surface area contributed by atoms with Crippen molar-refractivity contribution in [2.75, 3.05) is 12.4 Å². The zero-order valence-corrected chi connectivity index (χ0v) is 18.2. The molecule has 1 aromatic heterocycles. The van der Waals surface area contributed by atoms with Crippen LogP contribution in [0.3, 0.4) is 0 Å². The number of carbonyl (C=O) groups excluding carboxylic acids is 1. The number of halogens is 2. The Balaban J connectivity index is 1.63. The largest absolute Gasteiger partial charge is 0.497 e. The number of hydrogen-bond acceptors (Lipinski definition) is 6. The van der Waals surface area contributed by atoms with E-state index in [1.165, 1.54) is 23.5 Å². The molecule has 1 fully saturated rings. The number of nitrogens with zero attached hydrogens (tertiary/aromatic N) is 1. The Morgan fingerprint density at radius 1 is 1.21 bits per heavy atom. The Kier molecular flexibility index (Phi) is 5.43. The third-order valence-corrected chi connectivity index (χ3v) is 7.50. The van der Waals surface area contributed by atoms with Crippen LogP contribution in [0.25, 0.3) is 10.2 Å². The van der Waals surface area contributed by atoms with Gasteiger partial charge in [-0.1, -0.05) is 34.5 Å². The summed E-state index contributed by atoms with van der Waals surface area (Å²) in [5, 5.41) is 3.01. The van der Waals surface area contributed by atoms with Crippen LogP contribution in [-0.4, -0.2) is 32.5 Å². The summed E-state index contributed by atoms with van der Waals surface area (Å²) in [6.45, 7) is 0. The number of rotatable bonds is 6. The number of nitrogens with one attached hydrogen (secondary N) is 2. The van der Waals surface area contributed by atoms with Gasteiger partial charge in [0.15, 0.2) is 5.13 Å². The lowest BCUT2D eigenvalue weighted by Crippen LogP contribution is -2.26. The van der Waals surface area contributed by atoms with Crippen molar-refractivity contribution in [1.82, 2.24) is 9.71 Å². The molecule has 11 heteroatoms. The fourth-order valence-corrected chi connectivity index (χ4v) is 5.70. The van der Waals surface area contributed by atoms with Gasteiger partial charge in [0, 0.05) is 6.04 Å². The second-order valence-electron chi connectivity index (χ2n) is 6.46. The number of thiazole rings is 1. The predicted octanol–water partition coefficient (Wildman–Crippen LogP) is 4.30. The Hall–Kier alpha value is -1.91. The van der Waals surface area contributed by atoms with Crippen LogP contribution in [0, 0.1) is 0 Å². The molecule has 0 atom stereocenters. The monoisotopic (exact) mass is 471 g/mol. The average Bonchev–Trinajstić information content (AvgIpc) is 3.36. The highest BCUT2D eigenvalue weighted by molar-refractivity contribution is 7.89. The number of sulfonamides is 1. The molecule has 0 radical (unpaired) electrons. The molecule has 0 bridgehead atoms. The minimum Gasteiger partial charge on any atom is -0.497 e. The van der Waals surface area contributed by atoms with Crippen LogP contribution in [0.15, 0.2) is 35.2 Å². The molecule has 0 unspecified atom stereocenters. The number of carbonyl (C=O) groups is 1. The van der Waals surface area contributed by atoms with Crippen LogP contribution in [0.5, 0.6) is 5.75 Å². The van der Waals surface area contributed by atoms with Gasteiger partial charge in [-0.05, 0) is 43.2 Å². The SMILES string of the molecule is COc1ccc2nc(NC(=O)c3cc(S(=O)(=O)NC4CC4)c(Cl)cc3Cl)sc2c1. The normalized spacial score (nSPS) is 14.2. The molecule has 1 amide bonds. The number of amides is 1. The molecule has 2 aromatic carbocycles. The van der Waals surface area contributed by atoms with Crippen LogP contribution >= 0.6 is 34.5 Å². The minimum absolute atomic E-state index is 0.0101. The number of benzene rings is 2. The molecule has 1 aliphatic carbocycles. The van der Waals surface area contributed by atoms with E-state index in [0.29, 0.717) is 16.4 Å². The molecule has 1 aliphatic rings. The van der Waals surface area contributed by atoms with E-state index in [1.807, 2.05) is 6.07 Å². The summed E-state index contributed by atoms with van der Waals surface area (Å²) in [5.41, 5.74) is 0.689. The average molecular weight is 472 g/mol. The van der Waals surface area contributed by atoms with E-state index in [0.717, 1.165) is 17.5 Å². The third-order valence-electron chi connectivity index (χ3n) is 4.27. The summed E-state index contributed by atoms with van der Waals surface area (Å²) < 4.78 is 33.6. The smallest absolute Gasteiger partial charge is 0.259 e. The van der Waals surface area contributed by atoms with Crippen LogP contribution in [0.4, 0.5) is 5.13 Å². The van der Waals surface area contributed by atoms with E-state index >= 15 is 0 Å². The van der Waals surface area contributed by atoms with Gasteiger partial charge < -0.3 is 4.74 Å². The highest BCUT2D eigenvalue weighted by Crippen LogP contribution is 2.33. The summed E-state index contributed by atoms with van der Waals surface area (Å²) in [7, 11) is -2.28. The Labute approximate surface area is 181 Å². The Bertz CT molecular complexity index is 1220. The van der Waals surface area contributed by atoms with Crippen LogP contribution in [-0.2, 0) is 10.0 Å². The van der Waals surface area contributed by atoms with E-state index < -0.39 is 15.9 Å². The van der Waals surface area contributed by atoms with Gasteiger partial charge in [0.05, 0.1) is 32.9 Å². The second kappa shape index (κ2) is 7.73. The summed E-state index contributed by atoms with van der Waals surface area (Å²) in [4.78, 5) is 16.9. The highest BCUT2D eigenvalue weighted by atomic mass is 35.5. The molecule has 3 aromatic rings. The number of hydrogen-bond donors (Lipinski definition) is 2. The zero-order chi connectivity index (χ0) is 20.8. The van der Waals surface area contributed by atoms with Crippen molar-refractivity contribution in [2.45, 2.75) is 23.8 Å². The number of anilines is 1. The van der Waals surface area contributed by atoms with Crippen molar-refractivity contribution in [3.8, 4) is 5.75 Å². The first-order chi connectivity index (χ1) is 13.8. The molecule has 2 N–H and O–H groups in total. The van der Waals surface area contributed by atoms with Crippen molar-refractivity contribution in [1.29, 1.82) is 0 Å². The summed E-state index contributed by atoms with van der Waals surface area (Å²) in [6, 6.07) is 7.71. The van der Waals surface area contributed by atoms with E-state index in [1.54, 1.807) is 19.2 Å². The fourth-order valence-electron chi connectivity index (χ4n) is 2.64. The maximum absolute atomic E-state index is 12.7. The first-order valence-electron chi connectivity index (χ1n) is 8.54. The lowest BCUT2D eigenvalue weighted by atomic mass is 10.2. The first-order valence-corrected chi connectivity index (χ1v) is 11.6. The zero-order valence-electron chi connectivity index (χ0n) is 15.0. The van der Waals surface area contributed by atoms with Gasteiger partial charge in [-0.2, -0.15) is 0 Å². The lowest BCUT2D eigenvalue weighted by molar-refractivity contribution is 0.102. The van der Waals surface area contributed by atoms with Crippen LogP contribution in [0.2, 0.25) is 10.0 Å². The molecule has 0 spiro atoms. The van der Waals surface area contributed by atoms with Gasteiger partial charge in [-0.25, -0.2) is 18.1 Å². The van der Waals surface area contributed by atoms with Gasteiger partial charge in [-0.3, -0.25) is 10.1 Å². The van der Waals surface area contributed by atoms with Crippen molar-refractivity contribution in [2.24, 2.45) is 0 Å². The molecule has 1 heterocycles. The Morgan fingerprint density at radius 2 is 1.97 bits per heavy atom. The summed E-state index contributed by atoms with van der Waals surface area (Å²) >= 11 is 13.5. The molecule has 4 rings (SSSR count). The van der Waals surface area contributed by atoms with Crippen molar-refractivity contribution in [3.05, 3.63) is 45.9 Å². The van der Waals surface area contributed by atoms with Crippen LogP contribution in [0.1, 0.15) is 23.2 Å². The molecule has 29 heavy (non-hydrogen) atoms. The minimum atomic E-state index is -3.85. The van der Waals surface area contributed by atoms with E-state index in [4.69, 9.17) is 27.9 Å². The third kappa shape index (κ3) is 4.34. The van der Waals surface area contributed by atoms with Gasteiger partial charge in [-0.15, -0.1) is 0 Å². The maximum Gasteiger partial charge on any atom is 0.259 e. The number of fused-ring (bicyclic) bond motifs is 1. The first kappa shape index (κ1) is 20.4. The second-order valence-corrected chi connectivity index (χ2v) is 9.99. The van der Waals surface area contributed by atoms with Crippen molar-refractivity contribution >= 4 is 65.8 Å².